The number of aromatic nitrogens is 1. The SMILES string of the molecule is N#Cc1ccc(Sc2nc3ccccc3o2)cc1[N+](=O)[O-]. The lowest BCUT2D eigenvalue weighted by atomic mass is 10.2. The lowest BCUT2D eigenvalue weighted by Gasteiger charge is -1.98. The van der Waals surface area contributed by atoms with E-state index in [1.807, 2.05) is 18.2 Å². The normalized spacial score (nSPS) is 10.4. The molecule has 102 valence electrons. The van der Waals surface area contributed by atoms with Crippen LogP contribution in [0.25, 0.3) is 11.1 Å². The van der Waals surface area contributed by atoms with Crippen molar-refractivity contribution < 1.29 is 9.34 Å². The molecule has 0 saturated carbocycles. The summed E-state index contributed by atoms with van der Waals surface area (Å²) >= 11 is 1.17. The van der Waals surface area contributed by atoms with E-state index >= 15 is 0 Å². The van der Waals surface area contributed by atoms with Crippen LogP contribution >= 0.6 is 11.8 Å². The van der Waals surface area contributed by atoms with Crippen molar-refractivity contribution in [1.29, 1.82) is 5.26 Å². The van der Waals surface area contributed by atoms with Crippen molar-refractivity contribution >= 4 is 28.5 Å². The minimum absolute atomic E-state index is 0.0296. The third kappa shape index (κ3) is 2.57. The number of fused-ring (bicyclic) bond motifs is 1. The summed E-state index contributed by atoms with van der Waals surface area (Å²) in [5, 5.41) is 20.2. The number of nitrogens with zero attached hydrogens (tertiary/aromatic N) is 3. The first-order chi connectivity index (χ1) is 10.2. The van der Waals surface area contributed by atoms with Crippen molar-refractivity contribution in [2.45, 2.75) is 10.1 Å². The van der Waals surface area contributed by atoms with Crippen molar-refractivity contribution in [2.75, 3.05) is 0 Å². The third-order valence-corrected chi connectivity index (χ3v) is 3.60. The predicted octanol–water partition coefficient (Wildman–Crippen LogP) is 3.76. The first-order valence-electron chi connectivity index (χ1n) is 5.89. The zero-order valence-corrected chi connectivity index (χ0v) is 11.3. The maximum absolute atomic E-state index is 10.9. The Hall–Kier alpha value is -2.85. The Balaban J connectivity index is 1.96. The van der Waals surface area contributed by atoms with E-state index in [2.05, 4.69) is 4.98 Å². The van der Waals surface area contributed by atoms with E-state index in [-0.39, 0.29) is 11.3 Å². The molecule has 6 nitrogen and oxygen atoms in total. The lowest BCUT2D eigenvalue weighted by molar-refractivity contribution is -0.385. The zero-order valence-electron chi connectivity index (χ0n) is 10.5. The predicted molar refractivity (Wildman–Crippen MR) is 75.9 cm³/mol. The number of nitriles is 1. The molecule has 0 aliphatic rings. The standard InChI is InChI=1S/C14H7N3O3S/c15-8-9-5-6-10(7-12(9)17(18)19)21-14-16-11-3-1-2-4-13(11)20-14/h1-7H. The van der Waals surface area contributed by atoms with Gasteiger partial charge in [-0.25, -0.2) is 4.98 Å². The Bertz CT molecular complexity index is 850. The van der Waals surface area contributed by atoms with Crippen molar-refractivity contribution in [1.82, 2.24) is 4.98 Å². The number of nitro benzene ring substituents is 1. The molecule has 0 fully saturated rings. The molecule has 7 heteroatoms. The van der Waals surface area contributed by atoms with E-state index in [0.29, 0.717) is 15.7 Å². The summed E-state index contributed by atoms with van der Waals surface area (Å²) < 4.78 is 5.55. The van der Waals surface area contributed by atoms with Gasteiger partial charge in [0.05, 0.1) is 4.92 Å². The third-order valence-electron chi connectivity index (χ3n) is 2.77. The molecule has 0 bridgehead atoms. The molecule has 2 aromatic carbocycles. The summed E-state index contributed by atoms with van der Waals surface area (Å²) in [5.41, 5.74) is 1.19. The Morgan fingerprint density at radius 1 is 1.29 bits per heavy atom. The Kier molecular flexibility index (Phi) is 3.30. The minimum atomic E-state index is -0.575. The molecular weight excluding hydrogens is 290 g/mol. The van der Waals surface area contributed by atoms with E-state index in [1.165, 1.54) is 23.9 Å². The van der Waals surface area contributed by atoms with Gasteiger partial charge in [-0.05, 0) is 36.0 Å². The van der Waals surface area contributed by atoms with Crippen LogP contribution in [0.1, 0.15) is 5.56 Å². The molecule has 0 N–H and O–H groups in total. The second kappa shape index (κ2) is 5.26. The maximum Gasteiger partial charge on any atom is 0.288 e. The van der Waals surface area contributed by atoms with E-state index < -0.39 is 4.92 Å². The molecular formula is C14H7N3O3S. The van der Waals surface area contributed by atoms with Crippen molar-refractivity contribution in [2.24, 2.45) is 0 Å². The first kappa shape index (κ1) is 13.1. The highest BCUT2D eigenvalue weighted by Crippen LogP contribution is 2.32. The van der Waals surface area contributed by atoms with Crippen LogP contribution in [0.2, 0.25) is 0 Å². The Morgan fingerprint density at radius 2 is 2.10 bits per heavy atom. The Labute approximate surface area is 123 Å². The number of para-hydroxylation sites is 2. The van der Waals surface area contributed by atoms with Crippen LogP contribution in [-0.4, -0.2) is 9.91 Å². The molecule has 3 aromatic rings. The second-order valence-electron chi connectivity index (χ2n) is 4.10. The Morgan fingerprint density at radius 3 is 2.81 bits per heavy atom. The van der Waals surface area contributed by atoms with Gasteiger partial charge in [0, 0.05) is 11.0 Å². The van der Waals surface area contributed by atoms with Crippen LogP contribution in [0.4, 0.5) is 5.69 Å². The van der Waals surface area contributed by atoms with Gasteiger partial charge in [0.2, 0.25) is 0 Å². The van der Waals surface area contributed by atoms with E-state index in [0.717, 1.165) is 5.52 Å². The van der Waals surface area contributed by atoms with Crippen molar-refractivity contribution in [3.8, 4) is 6.07 Å². The molecule has 0 amide bonds. The van der Waals surface area contributed by atoms with Gasteiger partial charge in [0.25, 0.3) is 10.9 Å². The van der Waals surface area contributed by atoms with Crippen molar-refractivity contribution in [3.63, 3.8) is 0 Å². The topological polar surface area (TPSA) is 93.0 Å². The fourth-order valence-electron chi connectivity index (χ4n) is 1.82. The number of oxazole rings is 1. The summed E-state index contributed by atoms with van der Waals surface area (Å²) in [6.45, 7) is 0. The van der Waals surface area contributed by atoms with Crippen LogP contribution in [0.15, 0.2) is 57.0 Å². The number of hydrogen-bond acceptors (Lipinski definition) is 6. The number of hydrogen-bond donors (Lipinski definition) is 0. The summed E-state index contributed by atoms with van der Waals surface area (Å²) in [6.07, 6.45) is 0. The lowest BCUT2D eigenvalue weighted by Crippen LogP contribution is -1.92. The zero-order chi connectivity index (χ0) is 14.8. The van der Waals surface area contributed by atoms with Gasteiger partial charge in [-0.1, -0.05) is 12.1 Å². The van der Waals surface area contributed by atoms with Gasteiger partial charge in [-0.15, -0.1) is 0 Å². The van der Waals surface area contributed by atoms with E-state index in [4.69, 9.17) is 9.68 Å². The monoisotopic (exact) mass is 297 g/mol. The van der Waals surface area contributed by atoms with Gasteiger partial charge in [0.15, 0.2) is 5.58 Å². The van der Waals surface area contributed by atoms with Crippen LogP contribution in [0, 0.1) is 21.4 Å². The van der Waals surface area contributed by atoms with Crippen LogP contribution < -0.4 is 0 Å². The molecule has 0 aliphatic carbocycles. The van der Waals surface area contributed by atoms with Crippen LogP contribution in [0.3, 0.4) is 0 Å². The summed E-state index contributed by atoms with van der Waals surface area (Å²) in [6, 6.07) is 13.5. The molecule has 0 atom stereocenters. The average molecular weight is 297 g/mol. The molecule has 0 aliphatic heterocycles. The minimum Gasteiger partial charge on any atom is -0.431 e. The molecule has 1 heterocycles. The van der Waals surface area contributed by atoms with Gasteiger partial charge in [-0.3, -0.25) is 10.1 Å². The van der Waals surface area contributed by atoms with Crippen molar-refractivity contribution in [3.05, 3.63) is 58.1 Å². The maximum atomic E-state index is 10.9. The molecule has 0 radical (unpaired) electrons. The largest absolute Gasteiger partial charge is 0.431 e. The smallest absolute Gasteiger partial charge is 0.288 e. The van der Waals surface area contributed by atoms with Gasteiger partial charge in [0.1, 0.15) is 17.1 Å². The summed E-state index contributed by atoms with van der Waals surface area (Å²) in [7, 11) is 0. The fourth-order valence-corrected chi connectivity index (χ4v) is 2.60. The summed E-state index contributed by atoms with van der Waals surface area (Å²) in [4.78, 5) is 15.2. The van der Waals surface area contributed by atoms with Gasteiger partial charge >= 0.3 is 0 Å². The van der Waals surface area contributed by atoms with E-state index in [1.54, 1.807) is 18.2 Å². The quantitative estimate of drug-likeness (QED) is 0.539. The molecule has 3 rings (SSSR count). The first-order valence-corrected chi connectivity index (χ1v) is 6.71. The molecule has 0 spiro atoms. The highest BCUT2D eigenvalue weighted by atomic mass is 32.2. The van der Waals surface area contributed by atoms with Gasteiger partial charge in [-0.2, -0.15) is 5.26 Å². The fraction of sp³-hybridized carbons (Fsp3) is 0. The number of rotatable bonds is 3. The van der Waals surface area contributed by atoms with Gasteiger partial charge < -0.3 is 4.42 Å². The molecule has 1 aromatic heterocycles. The van der Waals surface area contributed by atoms with Crippen LogP contribution in [-0.2, 0) is 0 Å². The summed E-state index contributed by atoms with van der Waals surface area (Å²) in [5.74, 6) is 0. The second-order valence-corrected chi connectivity index (χ2v) is 5.12. The highest BCUT2D eigenvalue weighted by molar-refractivity contribution is 7.99. The van der Waals surface area contributed by atoms with Crippen LogP contribution in [0.5, 0.6) is 0 Å². The molecule has 0 saturated heterocycles. The number of benzene rings is 2. The highest BCUT2D eigenvalue weighted by Gasteiger charge is 2.16. The average Bonchev–Trinajstić information content (AvgIpc) is 2.89. The molecule has 0 unspecified atom stereocenters. The number of nitro groups is 1. The van der Waals surface area contributed by atoms with E-state index in [9.17, 15) is 10.1 Å². The molecule has 21 heavy (non-hydrogen) atoms.